The summed E-state index contributed by atoms with van der Waals surface area (Å²) in [6.45, 7) is 1.58. The van der Waals surface area contributed by atoms with Crippen molar-refractivity contribution in [2.45, 2.75) is 24.4 Å². The van der Waals surface area contributed by atoms with Gasteiger partial charge in [-0.1, -0.05) is 18.2 Å². The number of nitrogens with zero attached hydrogens (tertiary/aromatic N) is 1. The molecule has 0 atom stereocenters. The van der Waals surface area contributed by atoms with Gasteiger partial charge < -0.3 is 15.4 Å². The molecular formula is C16H23F3IN3O. The van der Waals surface area contributed by atoms with Crippen LogP contribution in [-0.2, 0) is 16.3 Å². The van der Waals surface area contributed by atoms with Gasteiger partial charge in [-0.25, -0.2) is 0 Å². The Labute approximate surface area is 157 Å². The van der Waals surface area contributed by atoms with E-state index in [1.54, 1.807) is 20.2 Å². The van der Waals surface area contributed by atoms with Gasteiger partial charge >= 0.3 is 6.18 Å². The number of aliphatic imine (C=N–C) groups is 1. The first-order valence-corrected chi connectivity index (χ1v) is 7.55. The largest absolute Gasteiger partial charge is 0.416 e. The number of ether oxygens (including phenoxy) is 1. The predicted molar refractivity (Wildman–Crippen MR) is 99.0 cm³/mol. The minimum Gasteiger partial charge on any atom is -0.381 e. The van der Waals surface area contributed by atoms with Gasteiger partial charge in [0.15, 0.2) is 5.96 Å². The van der Waals surface area contributed by atoms with Crippen molar-refractivity contribution in [1.82, 2.24) is 10.6 Å². The van der Waals surface area contributed by atoms with Gasteiger partial charge in [0.1, 0.15) is 0 Å². The Balaban J connectivity index is 0.00000288. The first kappa shape index (κ1) is 21.0. The summed E-state index contributed by atoms with van der Waals surface area (Å²) in [5, 5.41) is 6.11. The van der Waals surface area contributed by atoms with Crippen LogP contribution in [0.1, 0.15) is 24.0 Å². The lowest BCUT2D eigenvalue weighted by Gasteiger charge is -2.38. The minimum atomic E-state index is -4.34. The molecule has 1 saturated heterocycles. The van der Waals surface area contributed by atoms with Crippen LogP contribution in [0.3, 0.4) is 0 Å². The molecule has 2 rings (SSSR count). The Morgan fingerprint density at radius 2 is 1.96 bits per heavy atom. The van der Waals surface area contributed by atoms with E-state index in [2.05, 4.69) is 15.6 Å². The molecule has 24 heavy (non-hydrogen) atoms. The Morgan fingerprint density at radius 1 is 1.29 bits per heavy atom. The second-order valence-corrected chi connectivity index (χ2v) is 5.65. The van der Waals surface area contributed by atoms with Gasteiger partial charge in [-0.3, -0.25) is 4.99 Å². The molecule has 0 unspecified atom stereocenters. The molecule has 0 saturated carbocycles. The van der Waals surface area contributed by atoms with E-state index < -0.39 is 17.2 Å². The molecule has 0 bridgehead atoms. The summed E-state index contributed by atoms with van der Waals surface area (Å²) in [5.74, 6) is 0.614. The minimum absolute atomic E-state index is 0. The SMILES string of the molecule is CN=C(NC)NCC1(c2cccc(C(F)(F)F)c2)CCOCC1.I. The van der Waals surface area contributed by atoms with E-state index >= 15 is 0 Å². The average Bonchev–Trinajstić information content (AvgIpc) is 2.56. The Morgan fingerprint density at radius 3 is 2.50 bits per heavy atom. The Kier molecular flexibility index (Phi) is 7.78. The molecule has 1 heterocycles. The van der Waals surface area contributed by atoms with E-state index in [4.69, 9.17) is 4.74 Å². The molecule has 1 aliphatic heterocycles. The van der Waals surface area contributed by atoms with E-state index in [-0.39, 0.29) is 24.0 Å². The lowest BCUT2D eigenvalue weighted by Crippen LogP contribution is -2.47. The van der Waals surface area contributed by atoms with Gasteiger partial charge in [0.25, 0.3) is 0 Å². The first-order valence-electron chi connectivity index (χ1n) is 7.55. The molecule has 4 nitrogen and oxygen atoms in total. The van der Waals surface area contributed by atoms with Crippen molar-refractivity contribution in [1.29, 1.82) is 0 Å². The van der Waals surface area contributed by atoms with Crippen molar-refractivity contribution >= 4 is 29.9 Å². The van der Waals surface area contributed by atoms with Crippen LogP contribution >= 0.6 is 24.0 Å². The molecule has 2 N–H and O–H groups in total. The van der Waals surface area contributed by atoms with Crippen LogP contribution in [0.5, 0.6) is 0 Å². The van der Waals surface area contributed by atoms with Crippen LogP contribution in [0, 0.1) is 0 Å². The molecule has 136 valence electrons. The molecule has 0 aromatic heterocycles. The maximum Gasteiger partial charge on any atom is 0.416 e. The average molecular weight is 457 g/mol. The number of hydrogen-bond donors (Lipinski definition) is 2. The lowest BCUT2D eigenvalue weighted by atomic mass is 9.73. The van der Waals surface area contributed by atoms with Gasteiger partial charge in [-0.2, -0.15) is 13.2 Å². The van der Waals surface area contributed by atoms with Crippen LogP contribution < -0.4 is 10.6 Å². The summed E-state index contributed by atoms with van der Waals surface area (Å²) in [5.41, 5.74) is -0.319. The van der Waals surface area contributed by atoms with Crippen molar-refractivity contribution < 1.29 is 17.9 Å². The van der Waals surface area contributed by atoms with Crippen LogP contribution in [0.2, 0.25) is 0 Å². The van der Waals surface area contributed by atoms with Crippen molar-refractivity contribution in [2.75, 3.05) is 33.9 Å². The lowest BCUT2D eigenvalue weighted by molar-refractivity contribution is -0.137. The monoisotopic (exact) mass is 457 g/mol. The molecule has 8 heteroatoms. The summed E-state index contributed by atoms with van der Waals surface area (Å²) in [6.07, 6.45) is -3.00. The number of halogens is 4. The normalized spacial score (nSPS) is 17.8. The zero-order valence-electron chi connectivity index (χ0n) is 13.7. The number of hydrogen-bond acceptors (Lipinski definition) is 2. The second kappa shape index (κ2) is 8.89. The van der Waals surface area contributed by atoms with Crippen LogP contribution in [0.25, 0.3) is 0 Å². The third-order valence-corrected chi connectivity index (χ3v) is 4.31. The number of alkyl halides is 3. The smallest absolute Gasteiger partial charge is 0.381 e. The second-order valence-electron chi connectivity index (χ2n) is 5.65. The molecule has 0 amide bonds. The standard InChI is InChI=1S/C16H22F3N3O.HI/c1-20-14(21-2)22-11-15(6-8-23-9-7-15)12-4-3-5-13(10-12)16(17,18)19;/h3-5,10H,6-9,11H2,1-2H3,(H2,20,21,22);1H. The maximum absolute atomic E-state index is 13.0. The van der Waals surface area contributed by atoms with Crippen molar-refractivity contribution in [3.05, 3.63) is 35.4 Å². The summed E-state index contributed by atoms with van der Waals surface area (Å²) in [4.78, 5) is 4.06. The van der Waals surface area contributed by atoms with Crippen molar-refractivity contribution in [3.63, 3.8) is 0 Å². The van der Waals surface area contributed by atoms with Gasteiger partial charge in [-0.15, -0.1) is 24.0 Å². The van der Waals surface area contributed by atoms with Crippen molar-refractivity contribution in [2.24, 2.45) is 4.99 Å². The Hall–Kier alpha value is -1.03. The number of benzene rings is 1. The summed E-state index contributed by atoms with van der Waals surface area (Å²) in [7, 11) is 3.40. The molecule has 1 aliphatic rings. The molecule has 0 spiro atoms. The van der Waals surface area contributed by atoms with Crippen LogP contribution in [-0.4, -0.2) is 39.8 Å². The van der Waals surface area contributed by atoms with Gasteiger partial charge in [0, 0.05) is 39.3 Å². The van der Waals surface area contributed by atoms with E-state index in [1.165, 1.54) is 12.1 Å². The third-order valence-electron chi connectivity index (χ3n) is 4.31. The topological polar surface area (TPSA) is 45.7 Å². The van der Waals surface area contributed by atoms with Crippen LogP contribution in [0.15, 0.2) is 29.3 Å². The number of guanidine groups is 1. The van der Waals surface area contributed by atoms with E-state index in [1.807, 2.05) is 0 Å². The highest BCUT2D eigenvalue weighted by Crippen LogP contribution is 2.37. The highest BCUT2D eigenvalue weighted by atomic mass is 127. The number of nitrogens with one attached hydrogen (secondary N) is 2. The molecule has 0 radical (unpaired) electrons. The zero-order valence-corrected chi connectivity index (χ0v) is 16.1. The first-order chi connectivity index (χ1) is 10.9. The fourth-order valence-electron chi connectivity index (χ4n) is 2.89. The van der Waals surface area contributed by atoms with E-state index in [0.29, 0.717) is 44.1 Å². The quantitative estimate of drug-likeness (QED) is 0.417. The molecule has 0 aliphatic carbocycles. The molecule has 1 aromatic carbocycles. The fraction of sp³-hybridized carbons (Fsp3) is 0.562. The highest BCUT2D eigenvalue weighted by molar-refractivity contribution is 14.0. The molecule has 1 fully saturated rings. The summed E-state index contributed by atoms with van der Waals surface area (Å²) < 4.78 is 44.4. The van der Waals surface area contributed by atoms with E-state index in [9.17, 15) is 13.2 Å². The molecular weight excluding hydrogens is 434 g/mol. The van der Waals surface area contributed by atoms with Gasteiger partial charge in [-0.05, 0) is 24.5 Å². The predicted octanol–water partition coefficient (Wildman–Crippen LogP) is 3.17. The molecule has 1 aromatic rings. The van der Waals surface area contributed by atoms with Gasteiger partial charge in [0.2, 0.25) is 0 Å². The van der Waals surface area contributed by atoms with Crippen LogP contribution in [0.4, 0.5) is 13.2 Å². The number of rotatable bonds is 3. The van der Waals surface area contributed by atoms with Crippen molar-refractivity contribution in [3.8, 4) is 0 Å². The maximum atomic E-state index is 13.0. The Bertz CT molecular complexity index is 558. The highest BCUT2D eigenvalue weighted by Gasteiger charge is 2.37. The summed E-state index contributed by atoms with van der Waals surface area (Å²) in [6, 6.07) is 5.61. The third kappa shape index (κ3) is 4.98. The fourth-order valence-corrected chi connectivity index (χ4v) is 2.89. The van der Waals surface area contributed by atoms with E-state index in [0.717, 1.165) is 6.07 Å². The van der Waals surface area contributed by atoms with Gasteiger partial charge in [0.05, 0.1) is 5.56 Å². The zero-order chi connectivity index (χ0) is 16.9. The summed E-state index contributed by atoms with van der Waals surface area (Å²) >= 11 is 0.